The van der Waals surface area contributed by atoms with Gasteiger partial charge in [-0.1, -0.05) is 12.1 Å². The van der Waals surface area contributed by atoms with Gasteiger partial charge in [0.1, 0.15) is 12.3 Å². The summed E-state index contributed by atoms with van der Waals surface area (Å²) in [5, 5.41) is 6.70. The lowest BCUT2D eigenvalue weighted by Gasteiger charge is -2.26. The molecule has 2 rings (SSSR count). The Morgan fingerprint density at radius 1 is 1.23 bits per heavy atom. The van der Waals surface area contributed by atoms with Crippen LogP contribution in [0.15, 0.2) is 29.3 Å². The summed E-state index contributed by atoms with van der Waals surface area (Å²) >= 11 is 0. The number of amides is 1. The molecule has 0 aromatic heterocycles. The number of carbonyl (C=O) groups is 1. The Labute approximate surface area is 203 Å². The van der Waals surface area contributed by atoms with Crippen molar-refractivity contribution in [3.05, 3.63) is 29.8 Å². The van der Waals surface area contributed by atoms with Gasteiger partial charge in [0.25, 0.3) is 0 Å². The van der Waals surface area contributed by atoms with Crippen molar-refractivity contribution in [2.75, 3.05) is 73.2 Å². The molecule has 0 aliphatic carbocycles. The summed E-state index contributed by atoms with van der Waals surface area (Å²) in [4.78, 5) is 20.3. The fraction of sp³-hybridized carbons (Fsp3) is 0.636. The summed E-state index contributed by atoms with van der Waals surface area (Å²) in [5.41, 5.74) is 1.20. The van der Waals surface area contributed by atoms with Crippen molar-refractivity contribution in [2.45, 2.75) is 19.8 Å². The summed E-state index contributed by atoms with van der Waals surface area (Å²) in [6.07, 6.45) is 1.86. The molecular formula is C22H38IN5O3. The molecule has 0 saturated carbocycles. The number of nitrogens with zero attached hydrogens (tertiary/aromatic N) is 3. The Balaban J connectivity index is 0.00000480. The van der Waals surface area contributed by atoms with Gasteiger partial charge in [0.2, 0.25) is 5.91 Å². The molecule has 1 aromatic carbocycles. The Hall–Kier alpha value is -1.59. The van der Waals surface area contributed by atoms with E-state index in [9.17, 15) is 4.79 Å². The zero-order valence-corrected chi connectivity index (χ0v) is 21.4. The van der Waals surface area contributed by atoms with E-state index >= 15 is 0 Å². The molecule has 0 atom stereocenters. The number of ether oxygens (including phenoxy) is 2. The van der Waals surface area contributed by atoms with Gasteiger partial charge in [0.15, 0.2) is 5.96 Å². The van der Waals surface area contributed by atoms with Crippen LogP contribution in [0.25, 0.3) is 0 Å². The summed E-state index contributed by atoms with van der Waals surface area (Å²) < 4.78 is 11.0. The molecule has 1 saturated heterocycles. The maximum Gasteiger partial charge on any atom is 0.243 e. The number of carbonyl (C=O) groups excluding carboxylic acids is 1. The lowest BCUT2D eigenvalue weighted by atomic mass is 10.1. The Bertz CT molecular complexity index is 666. The van der Waals surface area contributed by atoms with Gasteiger partial charge in [-0.05, 0) is 44.0 Å². The minimum absolute atomic E-state index is 0. The number of nitrogens with one attached hydrogen (secondary N) is 2. The average Bonchev–Trinajstić information content (AvgIpc) is 2.75. The second-order valence-electron chi connectivity index (χ2n) is 7.44. The molecule has 1 aliphatic heterocycles. The van der Waals surface area contributed by atoms with Crippen LogP contribution in [0.5, 0.6) is 5.75 Å². The van der Waals surface area contributed by atoms with Crippen LogP contribution in [0.3, 0.4) is 0 Å². The summed E-state index contributed by atoms with van der Waals surface area (Å²) in [5.74, 6) is 1.55. The number of hydrogen-bond donors (Lipinski definition) is 2. The molecule has 31 heavy (non-hydrogen) atoms. The molecule has 1 aliphatic rings. The highest BCUT2D eigenvalue weighted by atomic mass is 127. The van der Waals surface area contributed by atoms with Gasteiger partial charge in [0.05, 0.1) is 19.8 Å². The first-order chi connectivity index (χ1) is 14.6. The molecule has 0 bridgehead atoms. The molecular weight excluding hydrogens is 509 g/mol. The van der Waals surface area contributed by atoms with E-state index in [1.54, 1.807) is 19.0 Å². The number of likely N-dealkylation sites (N-methyl/N-ethyl adjacent to an activating group) is 1. The normalized spacial score (nSPS) is 14.5. The lowest BCUT2D eigenvalue weighted by molar-refractivity contribution is -0.127. The van der Waals surface area contributed by atoms with Crippen LogP contribution in [0.4, 0.5) is 0 Å². The molecule has 0 spiro atoms. The average molecular weight is 547 g/mol. The Morgan fingerprint density at radius 2 is 1.97 bits per heavy atom. The highest BCUT2D eigenvalue weighted by molar-refractivity contribution is 14.0. The zero-order chi connectivity index (χ0) is 21.6. The smallest absolute Gasteiger partial charge is 0.243 e. The van der Waals surface area contributed by atoms with Gasteiger partial charge in [0, 0.05) is 40.3 Å². The molecule has 1 fully saturated rings. The van der Waals surface area contributed by atoms with Crippen LogP contribution in [0, 0.1) is 0 Å². The summed E-state index contributed by atoms with van der Waals surface area (Å²) in [6.45, 7) is 8.96. The maximum atomic E-state index is 11.9. The number of aliphatic imine (C=N–C) groups is 1. The van der Waals surface area contributed by atoms with Gasteiger partial charge in [-0.2, -0.15) is 0 Å². The van der Waals surface area contributed by atoms with E-state index in [-0.39, 0.29) is 36.4 Å². The topological polar surface area (TPSA) is 78.4 Å². The molecule has 9 heteroatoms. The van der Waals surface area contributed by atoms with E-state index in [2.05, 4.69) is 32.7 Å². The minimum Gasteiger partial charge on any atom is -0.494 e. The van der Waals surface area contributed by atoms with Gasteiger partial charge in [-0.25, -0.2) is 4.99 Å². The second-order valence-corrected chi connectivity index (χ2v) is 7.44. The van der Waals surface area contributed by atoms with E-state index in [1.807, 2.05) is 19.1 Å². The van der Waals surface area contributed by atoms with Crippen molar-refractivity contribution in [3.63, 3.8) is 0 Å². The van der Waals surface area contributed by atoms with Crippen LogP contribution in [-0.2, 0) is 16.0 Å². The third-order valence-electron chi connectivity index (χ3n) is 4.83. The first-order valence-corrected chi connectivity index (χ1v) is 10.8. The van der Waals surface area contributed by atoms with Gasteiger partial charge < -0.3 is 25.0 Å². The van der Waals surface area contributed by atoms with Crippen molar-refractivity contribution in [1.82, 2.24) is 20.4 Å². The minimum atomic E-state index is -0.0196. The third kappa shape index (κ3) is 11.6. The van der Waals surface area contributed by atoms with Crippen molar-refractivity contribution in [2.24, 2.45) is 4.99 Å². The fourth-order valence-electron chi connectivity index (χ4n) is 3.08. The van der Waals surface area contributed by atoms with Gasteiger partial charge >= 0.3 is 0 Å². The standard InChI is InChI=1S/C22H37N5O3.HI/c1-4-30-20-8-5-7-19(17-20)9-11-24-22(25-18-21(28)26(2)3)23-10-6-12-27-13-15-29-16-14-27;/h5,7-8,17H,4,6,9-16,18H2,1-3H3,(H2,23,24,25);1H. The SMILES string of the molecule is CCOc1cccc(CCNC(=NCC(=O)N(C)C)NCCCN2CCOCC2)c1.I. The summed E-state index contributed by atoms with van der Waals surface area (Å²) in [6, 6.07) is 8.13. The first-order valence-electron chi connectivity index (χ1n) is 10.8. The molecule has 8 nitrogen and oxygen atoms in total. The van der Waals surface area contributed by atoms with Gasteiger partial charge in [-0.3, -0.25) is 9.69 Å². The predicted molar refractivity (Wildman–Crippen MR) is 136 cm³/mol. The molecule has 0 unspecified atom stereocenters. The number of guanidine groups is 1. The van der Waals surface area contributed by atoms with Crippen molar-refractivity contribution in [3.8, 4) is 5.75 Å². The van der Waals surface area contributed by atoms with Crippen LogP contribution >= 0.6 is 24.0 Å². The van der Waals surface area contributed by atoms with E-state index in [0.29, 0.717) is 12.6 Å². The third-order valence-corrected chi connectivity index (χ3v) is 4.83. The van der Waals surface area contributed by atoms with Crippen LogP contribution < -0.4 is 15.4 Å². The second kappa shape index (κ2) is 16.1. The largest absolute Gasteiger partial charge is 0.494 e. The zero-order valence-electron chi connectivity index (χ0n) is 19.1. The van der Waals surface area contributed by atoms with E-state index in [1.165, 1.54) is 5.56 Å². The number of halogens is 1. The highest BCUT2D eigenvalue weighted by Gasteiger charge is 2.10. The predicted octanol–water partition coefficient (Wildman–Crippen LogP) is 1.59. The molecule has 176 valence electrons. The lowest BCUT2D eigenvalue weighted by Crippen LogP contribution is -2.41. The van der Waals surface area contributed by atoms with Crippen molar-refractivity contribution >= 4 is 35.8 Å². The Morgan fingerprint density at radius 3 is 2.68 bits per heavy atom. The highest BCUT2D eigenvalue weighted by Crippen LogP contribution is 2.13. The molecule has 1 aromatic rings. The Kier molecular flexibility index (Phi) is 14.3. The maximum absolute atomic E-state index is 11.9. The monoisotopic (exact) mass is 547 g/mol. The van der Waals surface area contributed by atoms with Crippen molar-refractivity contribution in [1.29, 1.82) is 0 Å². The van der Waals surface area contributed by atoms with Crippen LogP contribution in [0.1, 0.15) is 18.9 Å². The molecule has 0 radical (unpaired) electrons. The molecule has 2 N–H and O–H groups in total. The van der Waals surface area contributed by atoms with E-state index in [4.69, 9.17) is 9.47 Å². The van der Waals surface area contributed by atoms with Crippen LogP contribution in [0.2, 0.25) is 0 Å². The van der Waals surface area contributed by atoms with Crippen molar-refractivity contribution < 1.29 is 14.3 Å². The van der Waals surface area contributed by atoms with Crippen LogP contribution in [-0.4, -0.2) is 94.9 Å². The quantitative estimate of drug-likeness (QED) is 0.190. The molecule has 1 amide bonds. The van der Waals surface area contributed by atoms with Gasteiger partial charge in [-0.15, -0.1) is 24.0 Å². The number of rotatable bonds is 11. The van der Waals surface area contributed by atoms with E-state index in [0.717, 1.165) is 64.5 Å². The summed E-state index contributed by atoms with van der Waals surface area (Å²) in [7, 11) is 3.48. The number of benzene rings is 1. The number of hydrogen-bond acceptors (Lipinski definition) is 5. The molecule has 1 heterocycles. The fourth-order valence-corrected chi connectivity index (χ4v) is 3.08. The van der Waals surface area contributed by atoms with E-state index < -0.39 is 0 Å². The number of morpholine rings is 1. The first kappa shape index (κ1) is 27.4.